The molecule has 2 N–H and O–H groups in total. The molecule has 8 heteroatoms. The number of carbonyl (C=O) groups excluding carboxylic acids is 3. The first kappa shape index (κ1) is 21.0. The van der Waals surface area contributed by atoms with Gasteiger partial charge in [-0.15, -0.1) is 0 Å². The molecule has 158 valence electrons. The number of nitrogens with zero attached hydrogens (tertiary/aromatic N) is 3. The van der Waals surface area contributed by atoms with Gasteiger partial charge in [-0.05, 0) is 39.3 Å². The first-order valence-corrected chi connectivity index (χ1v) is 9.98. The second-order valence-electron chi connectivity index (χ2n) is 8.79. The average Bonchev–Trinajstić information content (AvgIpc) is 2.86. The standard InChI is InChI=1S/C21H29N3O5/c1-21(2,3)24-13-15(11-18(24)27)20(29)23-6-4-5-22(7-8-23)19(28)14-9-16(25)12-17(26)10-14/h9-10,12,15,25-26H,4-8,11,13H2,1-3H3. The molecule has 0 radical (unpaired) electrons. The van der Waals surface area contributed by atoms with Crippen LogP contribution in [0.5, 0.6) is 11.5 Å². The van der Waals surface area contributed by atoms with Crippen LogP contribution in [0.2, 0.25) is 0 Å². The molecule has 0 bridgehead atoms. The van der Waals surface area contributed by atoms with Crippen LogP contribution in [-0.4, -0.2) is 80.9 Å². The summed E-state index contributed by atoms with van der Waals surface area (Å²) < 4.78 is 0. The van der Waals surface area contributed by atoms with Crippen LogP contribution in [0.3, 0.4) is 0 Å². The molecular weight excluding hydrogens is 374 g/mol. The van der Waals surface area contributed by atoms with Crippen LogP contribution in [0.1, 0.15) is 44.0 Å². The molecule has 1 unspecified atom stereocenters. The summed E-state index contributed by atoms with van der Waals surface area (Å²) in [4.78, 5) is 43.2. The van der Waals surface area contributed by atoms with Gasteiger partial charge in [0.2, 0.25) is 11.8 Å². The molecule has 2 heterocycles. The van der Waals surface area contributed by atoms with Gasteiger partial charge < -0.3 is 24.9 Å². The molecule has 2 aliphatic heterocycles. The lowest BCUT2D eigenvalue weighted by Crippen LogP contribution is -2.44. The molecule has 0 saturated carbocycles. The van der Waals surface area contributed by atoms with Crippen LogP contribution in [0.15, 0.2) is 18.2 Å². The third-order valence-electron chi connectivity index (χ3n) is 5.53. The summed E-state index contributed by atoms with van der Waals surface area (Å²) in [7, 11) is 0. The minimum Gasteiger partial charge on any atom is -0.508 e. The summed E-state index contributed by atoms with van der Waals surface area (Å²) in [6.07, 6.45) is 0.865. The zero-order valence-electron chi connectivity index (χ0n) is 17.2. The number of phenolic OH excluding ortho intramolecular Hbond substituents is 2. The first-order chi connectivity index (χ1) is 13.6. The van der Waals surface area contributed by atoms with Crippen LogP contribution >= 0.6 is 0 Å². The highest BCUT2D eigenvalue weighted by Crippen LogP contribution is 2.27. The summed E-state index contributed by atoms with van der Waals surface area (Å²) in [5.41, 5.74) is -0.0922. The van der Waals surface area contributed by atoms with Gasteiger partial charge in [-0.25, -0.2) is 0 Å². The number of amides is 3. The van der Waals surface area contributed by atoms with Crippen LogP contribution < -0.4 is 0 Å². The molecule has 3 rings (SSSR count). The Hall–Kier alpha value is -2.77. The van der Waals surface area contributed by atoms with Crippen molar-refractivity contribution in [3.63, 3.8) is 0 Å². The van der Waals surface area contributed by atoms with Gasteiger partial charge in [0, 0.05) is 56.3 Å². The van der Waals surface area contributed by atoms with Gasteiger partial charge in [-0.1, -0.05) is 0 Å². The minimum atomic E-state index is -0.341. The fourth-order valence-electron chi connectivity index (χ4n) is 4.02. The Morgan fingerprint density at radius 2 is 1.55 bits per heavy atom. The van der Waals surface area contributed by atoms with Crippen molar-refractivity contribution >= 4 is 17.7 Å². The summed E-state index contributed by atoms with van der Waals surface area (Å²) in [5.74, 6) is -1.00. The van der Waals surface area contributed by atoms with Gasteiger partial charge in [-0.3, -0.25) is 14.4 Å². The quantitative estimate of drug-likeness (QED) is 0.778. The fourth-order valence-corrected chi connectivity index (χ4v) is 4.02. The second-order valence-corrected chi connectivity index (χ2v) is 8.79. The van der Waals surface area contributed by atoms with E-state index in [0.29, 0.717) is 39.1 Å². The molecule has 1 aromatic rings. The van der Waals surface area contributed by atoms with E-state index in [1.165, 1.54) is 18.2 Å². The van der Waals surface area contributed by atoms with Crippen LogP contribution in [0, 0.1) is 5.92 Å². The molecular formula is C21H29N3O5. The lowest BCUT2D eigenvalue weighted by molar-refractivity contribution is -0.135. The van der Waals surface area contributed by atoms with Crippen molar-refractivity contribution < 1.29 is 24.6 Å². The van der Waals surface area contributed by atoms with Crippen molar-refractivity contribution in [1.82, 2.24) is 14.7 Å². The van der Waals surface area contributed by atoms with Crippen molar-refractivity contribution in [3.05, 3.63) is 23.8 Å². The molecule has 0 aromatic heterocycles. The summed E-state index contributed by atoms with van der Waals surface area (Å²) >= 11 is 0. The average molecular weight is 403 g/mol. The largest absolute Gasteiger partial charge is 0.508 e. The Kier molecular flexibility index (Phi) is 5.73. The van der Waals surface area contributed by atoms with Gasteiger partial charge in [0.15, 0.2) is 0 Å². The number of aromatic hydroxyl groups is 2. The maximum atomic E-state index is 13.0. The van der Waals surface area contributed by atoms with E-state index in [0.717, 1.165) is 0 Å². The molecule has 0 spiro atoms. The van der Waals surface area contributed by atoms with Crippen molar-refractivity contribution in [3.8, 4) is 11.5 Å². The Morgan fingerprint density at radius 1 is 0.966 bits per heavy atom. The molecule has 2 saturated heterocycles. The zero-order chi connectivity index (χ0) is 21.3. The minimum absolute atomic E-state index is 0.00571. The highest BCUT2D eigenvalue weighted by molar-refractivity contribution is 5.95. The van der Waals surface area contributed by atoms with E-state index < -0.39 is 0 Å². The Balaban J connectivity index is 1.63. The zero-order valence-corrected chi connectivity index (χ0v) is 17.2. The smallest absolute Gasteiger partial charge is 0.254 e. The van der Waals surface area contributed by atoms with E-state index >= 15 is 0 Å². The Morgan fingerprint density at radius 3 is 2.14 bits per heavy atom. The molecule has 1 atom stereocenters. The Bertz CT molecular complexity index is 797. The maximum absolute atomic E-state index is 13.0. The molecule has 1 aromatic carbocycles. The normalized spacial score (nSPS) is 20.7. The number of hydrogen-bond acceptors (Lipinski definition) is 5. The number of phenols is 2. The molecule has 2 fully saturated rings. The van der Waals surface area contributed by atoms with Crippen LogP contribution in [0.4, 0.5) is 0 Å². The number of carbonyl (C=O) groups is 3. The number of benzene rings is 1. The van der Waals surface area contributed by atoms with E-state index in [1.54, 1.807) is 14.7 Å². The summed E-state index contributed by atoms with van der Waals surface area (Å²) in [5, 5.41) is 19.2. The molecule has 2 aliphatic rings. The monoisotopic (exact) mass is 403 g/mol. The predicted molar refractivity (Wildman–Crippen MR) is 106 cm³/mol. The van der Waals surface area contributed by atoms with Gasteiger partial charge in [-0.2, -0.15) is 0 Å². The van der Waals surface area contributed by atoms with Crippen molar-refractivity contribution in [2.75, 3.05) is 32.7 Å². The molecule has 3 amide bonds. The van der Waals surface area contributed by atoms with Gasteiger partial charge in [0.05, 0.1) is 5.92 Å². The fraction of sp³-hybridized carbons (Fsp3) is 0.571. The third kappa shape index (κ3) is 4.63. The van der Waals surface area contributed by atoms with Crippen molar-refractivity contribution in [2.24, 2.45) is 5.92 Å². The highest BCUT2D eigenvalue weighted by Gasteiger charge is 2.41. The second kappa shape index (κ2) is 7.93. The van der Waals surface area contributed by atoms with E-state index in [9.17, 15) is 24.6 Å². The van der Waals surface area contributed by atoms with Gasteiger partial charge >= 0.3 is 0 Å². The van der Waals surface area contributed by atoms with E-state index in [4.69, 9.17) is 0 Å². The van der Waals surface area contributed by atoms with Crippen molar-refractivity contribution in [2.45, 2.75) is 39.2 Å². The topological polar surface area (TPSA) is 101 Å². The lowest BCUT2D eigenvalue weighted by atomic mass is 10.1. The third-order valence-corrected chi connectivity index (χ3v) is 5.53. The van der Waals surface area contributed by atoms with Crippen LogP contribution in [-0.2, 0) is 9.59 Å². The summed E-state index contributed by atoms with van der Waals surface area (Å²) in [6, 6.07) is 3.81. The maximum Gasteiger partial charge on any atom is 0.254 e. The van der Waals surface area contributed by atoms with Gasteiger partial charge in [0.1, 0.15) is 11.5 Å². The summed E-state index contributed by atoms with van der Waals surface area (Å²) in [6.45, 7) is 8.11. The van der Waals surface area contributed by atoms with E-state index in [1.807, 2.05) is 20.8 Å². The number of likely N-dealkylation sites (tertiary alicyclic amines) is 1. The van der Waals surface area contributed by atoms with E-state index in [-0.39, 0.29) is 52.7 Å². The first-order valence-electron chi connectivity index (χ1n) is 9.98. The number of rotatable bonds is 2. The molecule has 8 nitrogen and oxygen atoms in total. The Labute approximate surface area is 170 Å². The van der Waals surface area contributed by atoms with Gasteiger partial charge in [0.25, 0.3) is 5.91 Å². The molecule has 0 aliphatic carbocycles. The lowest BCUT2D eigenvalue weighted by Gasteiger charge is -2.32. The number of hydrogen-bond donors (Lipinski definition) is 2. The highest BCUT2D eigenvalue weighted by atomic mass is 16.3. The van der Waals surface area contributed by atoms with Crippen LogP contribution in [0.25, 0.3) is 0 Å². The predicted octanol–water partition coefficient (Wildman–Crippen LogP) is 1.42. The SMILES string of the molecule is CC(C)(C)N1CC(C(=O)N2CCCN(C(=O)c3cc(O)cc(O)c3)CC2)CC1=O. The molecule has 29 heavy (non-hydrogen) atoms. The van der Waals surface area contributed by atoms with E-state index in [2.05, 4.69) is 0 Å². The van der Waals surface area contributed by atoms with Crippen molar-refractivity contribution in [1.29, 1.82) is 0 Å².